The lowest BCUT2D eigenvalue weighted by Gasteiger charge is -2.21. The number of rotatable bonds is 4. The first-order chi connectivity index (χ1) is 15.6. The molecule has 0 aliphatic carbocycles. The van der Waals surface area contributed by atoms with Crippen LogP contribution < -0.4 is 0 Å². The molecule has 1 amide bonds. The second-order valence-corrected chi connectivity index (χ2v) is 8.09. The SMILES string of the molecule is O=C(Cc1ccc(F)cc1)N1CCCn2cnc(CN3CCCC3)c2C1.O=C(O)C(F)(F)F. The van der Waals surface area contributed by atoms with Crippen molar-refractivity contribution in [3.05, 3.63) is 53.4 Å². The summed E-state index contributed by atoms with van der Waals surface area (Å²) in [5, 5.41) is 7.12. The maximum atomic E-state index is 13.1. The highest BCUT2D eigenvalue weighted by Crippen LogP contribution is 2.20. The number of aromatic nitrogens is 2. The molecule has 0 atom stereocenters. The third-order valence-electron chi connectivity index (χ3n) is 5.64. The van der Waals surface area contributed by atoms with Crippen LogP contribution in [0.25, 0.3) is 0 Å². The number of aryl methyl sites for hydroxylation is 1. The highest BCUT2D eigenvalue weighted by molar-refractivity contribution is 5.78. The number of carbonyl (C=O) groups is 2. The van der Waals surface area contributed by atoms with E-state index < -0.39 is 12.1 Å². The Bertz CT molecular complexity index is 954. The Hall–Kier alpha value is -2.95. The van der Waals surface area contributed by atoms with E-state index in [0.717, 1.165) is 50.4 Å². The number of benzene rings is 1. The monoisotopic (exact) mass is 470 g/mol. The Morgan fingerprint density at radius 3 is 2.24 bits per heavy atom. The molecule has 2 aliphatic rings. The van der Waals surface area contributed by atoms with Gasteiger partial charge in [0.1, 0.15) is 5.82 Å². The topological polar surface area (TPSA) is 78.7 Å². The number of likely N-dealkylation sites (tertiary alicyclic amines) is 1. The molecule has 0 bridgehead atoms. The second kappa shape index (κ2) is 10.8. The molecular formula is C22H26F4N4O3. The number of carboxylic acids is 1. The summed E-state index contributed by atoms with van der Waals surface area (Å²) in [4.78, 5) is 30.7. The zero-order chi connectivity index (χ0) is 24.0. The lowest BCUT2D eigenvalue weighted by molar-refractivity contribution is -0.192. The molecule has 2 aliphatic heterocycles. The van der Waals surface area contributed by atoms with Crippen LogP contribution >= 0.6 is 0 Å². The predicted molar refractivity (Wildman–Crippen MR) is 111 cm³/mol. The molecular weight excluding hydrogens is 444 g/mol. The van der Waals surface area contributed by atoms with Gasteiger partial charge in [0.05, 0.1) is 30.7 Å². The zero-order valence-corrected chi connectivity index (χ0v) is 18.0. The van der Waals surface area contributed by atoms with Gasteiger partial charge in [-0.3, -0.25) is 9.69 Å². The van der Waals surface area contributed by atoms with E-state index in [1.807, 2.05) is 11.2 Å². The molecule has 0 unspecified atom stereocenters. The molecule has 0 spiro atoms. The fraction of sp³-hybridized carbons (Fsp3) is 0.500. The maximum Gasteiger partial charge on any atom is 0.490 e. The van der Waals surface area contributed by atoms with Crippen molar-refractivity contribution in [1.82, 2.24) is 19.4 Å². The number of hydrogen-bond acceptors (Lipinski definition) is 4. The third kappa shape index (κ3) is 7.01. The Morgan fingerprint density at radius 2 is 1.64 bits per heavy atom. The van der Waals surface area contributed by atoms with Crippen molar-refractivity contribution < 1.29 is 32.3 Å². The van der Waals surface area contributed by atoms with Crippen LogP contribution in [0.2, 0.25) is 0 Å². The first-order valence-corrected chi connectivity index (χ1v) is 10.7. The van der Waals surface area contributed by atoms with E-state index in [0.29, 0.717) is 13.0 Å². The van der Waals surface area contributed by atoms with Gasteiger partial charge in [0.25, 0.3) is 0 Å². The van der Waals surface area contributed by atoms with Crippen LogP contribution in [0.3, 0.4) is 0 Å². The normalized spacial score (nSPS) is 16.5. The molecule has 11 heteroatoms. The minimum Gasteiger partial charge on any atom is -0.475 e. The molecule has 33 heavy (non-hydrogen) atoms. The van der Waals surface area contributed by atoms with Crippen molar-refractivity contribution in [3.8, 4) is 0 Å². The highest BCUT2D eigenvalue weighted by Gasteiger charge is 2.38. The van der Waals surface area contributed by atoms with Gasteiger partial charge in [0.15, 0.2) is 0 Å². The van der Waals surface area contributed by atoms with Crippen molar-refractivity contribution in [1.29, 1.82) is 0 Å². The van der Waals surface area contributed by atoms with Gasteiger partial charge in [-0.05, 0) is 50.0 Å². The van der Waals surface area contributed by atoms with Gasteiger partial charge in [0.2, 0.25) is 5.91 Å². The molecule has 1 aromatic carbocycles. The van der Waals surface area contributed by atoms with Gasteiger partial charge < -0.3 is 14.6 Å². The van der Waals surface area contributed by atoms with Gasteiger partial charge in [-0.1, -0.05) is 12.1 Å². The molecule has 1 aromatic heterocycles. The van der Waals surface area contributed by atoms with E-state index in [1.165, 1.54) is 30.7 Å². The Kier molecular flexibility index (Phi) is 8.06. The second-order valence-electron chi connectivity index (χ2n) is 8.09. The largest absolute Gasteiger partial charge is 0.490 e. The molecule has 4 rings (SSSR count). The van der Waals surface area contributed by atoms with Crippen LogP contribution in [-0.4, -0.2) is 62.1 Å². The number of aliphatic carboxylic acids is 1. The number of fused-ring (bicyclic) bond motifs is 1. The Labute approximate surface area is 188 Å². The fourth-order valence-electron chi connectivity index (χ4n) is 3.90. The number of carboxylic acid groups (broad SMARTS) is 1. The van der Waals surface area contributed by atoms with E-state index in [4.69, 9.17) is 9.90 Å². The smallest absolute Gasteiger partial charge is 0.475 e. The van der Waals surface area contributed by atoms with Crippen LogP contribution in [0.4, 0.5) is 17.6 Å². The van der Waals surface area contributed by atoms with Crippen LogP contribution in [0.1, 0.15) is 36.2 Å². The molecule has 2 aromatic rings. The first kappa shape index (κ1) is 24.7. The van der Waals surface area contributed by atoms with E-state index in [9.17, 15) is 22.4 Å². The van der Waals surface area contributed by atoms with Gasteiger partial charge in [-0.2, -0.15) is 13.2 Å². The molecule has 1 N–H and O–H groups in total. The molecule has 0 saturated carbocycles. The van der Waals surface area contributed by atoms with Crippen LogP contribution in [-0.2, 0) is 35.6 Å². The van der Waals surface area contributed by atoms with Crippen LogP contribution in [0.5, 0.6) is 0 Å². The number of halogens is 4. The molecule has 0 radical (unpaired) electrons. The fourth-order valence-corrected chi connectivity index (χ4v) is 3.90. The van der Waals surface area contributed by atoms with Crippen molar-refractivity contribution in [3.63, 3.8) is 0 Å². The summed E-state index contributed by atoms with van der Waals surface area (Å²) >= 11 is 0. The summed E-state index contributed by atoms with van der Waals surface area (Å²) in [7, 11) is 0. The lowest BCUT2D eigenvalue weighted by Crippen LogP contribution is -2.32. The quantitative estimate of drug-likeness (QED) is 0.695. The number of hydrogen-bond donors (Lipinski definition) is 1. The maximum absolute atomic E-state index is 13.1. The summed E-state index contributed by atoms with van der Waals surface area (Å²) < 4.78 is 47.0. The molecule has 1 saturated heterocycles. The van der Waals surface area contributed by atoms with Gasteiger partial charge in [-0.25, -0.2) is 14.2 Å². The van der Waals surface area contributed by atoms with E-state index in [1.54, 1.807) is 12.1 Å². The van der Waals surface area contributed by atoms with Gasteiger partial charge in [-0.15, -0.1) is 0 Å². The minimum atomic E-state index is -5.08. The predicted octanol–water partition coefficient (Wildman–Crippen LogP) is 3.23. The molecule has 1 fully saturated rings. The van der Waals surface area contributed by atoms with E-state index in [2.05, 4.69) is 14.5 Å². The Morgan fingerprint density at radius 1 is 1.00 bits per heavy atom. The standard InChI is InChI=1S/C20H25FN4O.C2HF3O2/c21-17-6-4-16(5-7-17)12-20(26)24-10-3-11-25-15-22-18(19(25)14-24)13-23-8-1-2-9-23;3-2(4,5)1(6)7/h4-7,15H,1-3,8-14H2;(H,6,7). The highest BCUT2D eigenvalue weighted by atomic mass is 19.4. The third-order valence-corrected chi connectivity index (χ3v) is 5.64. The minimum absolute atomic E-state index is 0.0957. The number of alkyl halides is 3. The lowest BCUT2D eigenvalue weighted by atomic mass is 10.1. The summed E-state index contributed by atoms with van der Waals surface area (Å²) in [5.74, 6) is -2.93. The average molecular weight is 470 g/mol. The number of imidazole rings is 1. The van der Waals surface area contributed by atoms with E-state index in [-0.39, 0.29) is 11.7 Å². The van der Waals surface area contributed by atoms with Gasteiger partial charge in [0, 0.05) is 19.6 Å². The number of carbonyl (C=O) groups excluding carboxylic acids is 1. The van der Waals surface area contributed by atoms with Crippen LogP contribution in [0, 0.1) is 5.82 Å². The van der Waals surface area contributed by atoms with Crippen molar-refractivity contribution in [2.75, 3.05) is 19.6 Å². The molecule has 3 heterocycles. The van der Waals surface area contributed by atoms with Gasteiger partial charge >= 0.3 is 12.1 Å². The number of nitrogens with zero attached hydrogens (tertiary/aromatic N) is 4. The summed E-state index contributed by atoms with van der Waals surface area (Å²) in [6, 6.07) is 6.20. The summed E-state index contributed by atoms with van der Waals surface area (Å²) in [6.45, 7) is 5.43. The van der Waals surface area contributed by atoms with E-state index >= 15 is 0 Å². The van der Waals surface area contributed by atoms with Crippen molar-refractivity contribution in [2.24, 2.45) is 0 Å². The molecule has 7 nitrogen and oxygen atoms in total. The first-order valence-electron chi connectivity index (χ1n) is 10.7. The summed E-state index contributed by atoms with van der Waals surface area (Å²) in [5.41, 5.74) is 3.13. The number of amides is 1. The van der Waals surface area contributed by atoms with Crippen LogP contribution in [0.15, 0.2) is 30.6 Å². The molecule has 180 valence electrons. The van der Waals surface area contributed by atoms with Crippen molar-refractivity contribution in [2.45, 2.75) is 51.5 Å². The summed E-state index contributed by atoms with van der Waals surface area (Å²) in [6.07, 6.45) is 0.614. The van der Waals surface area contributed by atoms with Crippen molar-refractivity contribution >= 4 is 11.9 Å². The zero-order valence-electron chi connectivity index (χ0n) is 18.0. The average Bonchev–Trinajstić information content (AvgIpc) is 3.34. The Balaban J connectivity index is 0.000000383.